The van der Waals surface area contributed by atoms with Crippen LogP contribution in [0, 0.1) is 0 Å². The molecule has 1 nitrogen and oxygen atoms in total. The minimum absolute atomic E-state index is 0.362. The summed E-state index contributed by atoms with van der Waals surface area (Å²) in [7, 11) is 0. The topological polar surface area (TPSA) is 17.1 Å². The van der Waals surface area contributed by atoms with E-state index in [9.17, 15) is 35.5 Å². The van der Waals surface area contributed by atoms with Crippen molar-refractivity contribution < 1.29 is 35.5 Å². The number of benzene rings is 1. The predicted molar refractivity (Wildman–Crippen MR) is 46.4 cm³/mol. The van der Waals surface area contributed by atoms with Gasteiger partial charge in [-0.05, 0) is 17.7 Å². The molecule has 0 bridgehead atoms. The van der Waals surface area contributed by atoms with Crippen LogP contribution in [-0.4, -0.2) is 12.0 Å². The molecule has 0 spiro atoms. The lowest BCUT2D eigenvalue weighted by atomic mass is 10.0. The highest BCUT2D eigenvalue weighted by atomic mass is 19.4. The zero-order valence-electron chi connectivity index (χ0n) is 8.44. The number of hydrogen-bond acceptors (Lipinski definition) is 1. The van der Waals surface area contributed by atoms with Gasteiger partial charge in [0.05, 0.1) is 5.56 Å². The molecule has 0 saturated heterocycles. The molecule has 1 aromatic rings. The average molecular weight is 274 g/mol. The third-order valence-corrected chi connectivity index (χ3v) is 2.11. The molecule has 1 atom stereocenters. The molecule has 0 N–H and O–H groups in total. The van der Waals surface area contributed by atoms with E-state index in [0.717, 1.165) is 0 Å². The summed E-state index contributed by atoms with van der Waals surface area (Å²) in [6.07, 6.45) is -8.04. The van der Waals surface area contributed by atoms with E-state index in [1.54, 1.807) is 0 Å². The van der Waals surface area contributed by atoms with Crippen molar-refractivity contribution in [2.45, 2.75) is 18.3 Å². The second-order valence-electron chi connectivity index (χ2n) is 3.38. The first-order chi connectivity index (χ1) is 8.06. The van der Waals surface area contributed by atoms with Gasteiger partial charge in [0.2, 0.25) is 0 Å². The monoisotopic (exact) mass is 274 g/mol. The van der Waals surface area contributed by atoms with Crippen molar-refractivity contribution in [2.24, 2.45) is 0 Å². The molecule has 0 amide bonds. The standard InChI is InChI=1S/C10H5F7O/c11-7(9(13,14)8(12)18)5-1-3-6(4-2-5)10(15,16)17/h1-4,7H. The van der Waals surface area contributed by atoms with Gasteiger partial charge in [-0.25, -0.2) is 4.39 Å². The van der Waals surface area contributed by atoms with E-state index in [2.05, 4.69) is 0 Å². The largest absolute Gasteiger partial charge is 0.416 e. The molecule has 18 heavy (non-hydrogen) atoms. The van der Waals surface area contributed by atoms with Crippen LogP contribution < -0.4 is 0 Å². The lowest BCUT2D eigenvalue weighted by Gasteiger charge is -2.16. The van der Waals surface area contributed by atoms with Gasteiger partial charge in [-0.15, -0.1) is 0 Å². The summed E-state index contributed by atoms with van der Waals surface area (Å²) in [4.78, 5) is 9.87. The summed E-state index contributed by atoms with van der Waals surface area (Å²) in [5, 5.41) is 0. The van der Waals surface area contributed by atoms with E-state index in [-0.39, 0.29) is 0 Å². The third kappa shape index (κ3) is 2.80. The Hall–Kier alpha value is -1.60. The molecule has 0 aliphatic carbocycles. The van der Waals surface area contributed by atoms with Crippen molar-refractivity contribution in [3.63, 3.8) is 0 Å². The molecule has 0 aromatic heterocycles. The Bertz CT molecular complexity index is 435. The molecule has 0 aliphatic heterocycles. The van der Waals surface area contributed by atoms with E-state index >= 15 is 0 Å². The van der Waals surface area contributed by atoms with Crippen LogP contribution in [0.15, 0.2) is 24.3 Å². The first kappa shape index (κ1) is 14.5. The lowest BCUT2D eigenvalue weighted by Crippen LogP contribution is -2.30. The van der Waals surface area contributed by atoms with E-state index in [4.69, 9.17) is 0 Å². The summed E-state index contributed by atoms with van der Waals surface area (Å²) in [6, 6.07) is -1.62. The van der Waals surface area contributed by atoms with Crippen LogP contribution in [-0.2, 0) is 11.0 Å². The Morgan fingerprint density at radius 1 is 1.00 bits per heavy atom. The van der Waals surface area contributed by atoms with Crippen LogP contribution in [0.3, 0.4) is 0 Å². The average Bonchev–Trinajstić information content (AvgIpc) is 2.26. The molecular formula is C10H5F7O. The van der Waals surface area contributed by atoms with Gasteiger partial charge in [-0.3, -0.25) is 4.79 Å². The smallest absolute Gasteiger partial charge is 0.254 e. The number of carbonyl (C=O) groups excluding carboxylic acids is 1. The molecule has 1 unspecified atom stereocenters. The van der Waals surface area contributed by atoms with Crippen molar-refractivity contribution in [1.29, 1.82) is 0 Å². The van der Waals surface area contributed by atoms with Gasteiger partial charge in [-0.2, -0.15) is 26.3 Å². The van der Waals surface area contributed by atoms with Crippen molar-refractivity contribution in [1.82, 2.24) is 0 Å². The molecule has 0 radical (unpaired) electrons. The maximum absolute atomic E-state index is 13.1. The van der Waals surface area contributed by atoms with Crippen LogP contribution in [0.4, 0.5) is 30.7 Å². The first-order valence-electron chi connectivity index (χ1n) is 4.45. The number of alkyl halides is 6. The summed E-state index contributed by atoms with van der Waals surface area (Å²) in [6.45, 7) is 0. The maximum Gasteiger partial charge on any atom is 0.416 e. The summed E-state index contributed by atoms with van der Waals surface area (Å²) in [5.41, 5.74) is -2.09. The van der Waals surface area contributed by atoms with Crippen molar-refractivity contribution in [3.05, 3.63) is 35.4 Å². The van der Waals surface area contributed by atoms with Gasteiger partial charge in [-0.1, -0.05) is 12.1 Å². The molecule has 0 fully saturated rings. The quantitative estimate of drug-likeness (QED) is 0.604. The fraction of sp³-hybridized carbons (Fsp3) is 0.300. The molecule has 0 saturated carbocycles. The zero-order chi connectivity index (χ0) is 14.1. The summed E-state index contributed by atoms with van der Waals surface area (Å²) < 4.78 is 86.6. The predicted octanol–water partition coefficient (Wildman–Crippen LogP) is 3.85. The minimum Gasteiger partial charge on any atom is -0.254 e. The molecule has 8 heteroatoms. The van der Waals surface area contributed by atoms with Gasteiger partial charge in [0.15, 0.2) is 6.17 Å². The highest BCUT2D eigenvalue weighted by Gasteiger charge is 2.49. The molecular weight excluding hydrogens is 269 g/mol. The molecule has 0 aliphatic rings. The van der Waals surface area contributed by atoms with Gasteiger partial charge >= 0.3 is 18.1 Å². The van der Waals surface area contributed by atoms with E-state index in [1.807, 2.05) is 0 Å². The Labute approximate surface area is 96.2 Å². The fourth-order valence-electron chi connectivity index (χ4n) is 1.15. The van der Waals surface area contributed by atoms with Crippen LogP contribution in [0.2, 0.25) is 0 Å². The van der Waals surface area contributed by atoms with Crippen LogP contribution in [0.25, 0.3) is 0 Å². The highest BCUT2D eigenvalue weighted by molar-refractivity contribution is 5.77. The Morgan fingerprint density at radius 3 is 1.78 bits per heavy atom. The third-order valence-electron chi connectivity index (χ3n) is 2.11. The van der Waals surface area contributed by atoms with Gasteiger partial charge in [0.1, 0.15) is 0 Å². The second kappa shape index (κ2) is 4.58. The van der Waals surface area contributed by atoms with Crippen LogP contribution in [0.1, 0.15) is 17.3 Å². The van der Waals surface area contributed by atoms with E-state index in [1.165, 1.54) is 0 Å². The van der Waals surface area contributed by atoms with Gasteiger partial charge < -0.3 is 0 Å². The van der Waals surface area contributed by atoms with E-state index in [0.29, 0.717) is 24.3 Å². The van der Waals surface area contributed by atoms with Crippen molar-refractivity contribution in [2.75, 3.05) is 0 Å². The number of rotatable bonds is 3. The van der Waals surface area contributed by atoms with Crippen LogP contribution in [0.5, 0.6) is 0 Å². The van der Waals surface area contributed by atoms with Crippen molar-refractivity contribution >= 4 is 6.04 Å². The molecule has 100 valence electrons. The Morgan fingerprint density at radius 2 is 1.44 bits per heavy atom. The maximum atomic E-state index is 13.1. The van der Waals surface area contributed by atoms with Gasteiger partial charge in [0.25, 0.3) is 0 Å². The Balaban J connectivity index is 3.03. The number of hydrogen-bond donors (Lipinski definition) is 0. The zero-order valence-corrected chi connectivity index (χ0v) is 8.44. The molecule has 1 aromatic carbocycles. The van der Waals surface area contributed by atoms with E-state index < -0.39 is 35.4 Å². The highest BCUT2D eigenvalue weighted by Crippen LogP contribution is 2.37. The number of carbonyl (C=O) groups is 1. The first-order valence-corrected chi connectivity index (χ1v) is 4.45. The Kier molecular flexibility index (Phi) is 3.68. The summed E-state index contributed by atoms with van der Waals surface area (Å²) in [5.74, 6) is -4.92. The van der Waals surface area contributed by atoms with Crippen molar-refractivity contribution in [3.8, 4) is 0 Å². The lowest BCUT2D eigenvalue weighted by molar-refractivity contribution is -0.166. The molecule has 0 heterocycles. The minimum atomic E-state index is -4.92. The van der Waals surface area contributed by atoms with Gasteiger partial charge in [0, 0.05) is 0 Å². The number of halogens is 7. The molecule has 1 rings (SSSR count). The second-order valence-corrected chi connectivity index (χ2v) is 3.38. The normalized spacial score (nSPS) is 14.4. The summed E-state index contributed by atoms with van der Waals surface area (Å²) >= 11 is 0. The SMILES string of the molecule is O=C(F)C(F)(F)C(F)c1ccc(C(F)(F)F)cc1. The van der Waals surface area contributed by atoms with Crippen LogP contribution >= 0.6 is 0 Å². The fourth-order valence-corrected chi connectivity index (χ4v) is 1.15.